The zero-order chi connectivity index (χ0) is 22.4. The molecular weight excluding hydrogens is 429 g/mol. The Morgan fingerprint density at radius 1 is 1.10 bits per heavy atom. The summed E-state index contributed by atoms with van der Waals surface area (Å²) in [5.74, 6) is 2.48. The van der Waals surface area contributed by atoms with Crippen LogP contribution in [-0.4, -0.2) is 48.7 Å². The van der Waals surface area contributed by atoms with Crippen LogP contribution in [0.1, 0.15) is 44.9 Å². The molecule has 9 heteroatoms. The number of hydroxylamine groups is 1. The first-order chi connectivity index (χ1) is 14.4. The van der Waals surface area contributed by atoms with E-state index < -0.39 is 5.91 Å². The third kappa shape index (κ3) is 10.7. The number of hydrogen-bond donors (Lipinski definition) is 3. The van der Waals surface area contributed by atoms with E-state index in [1.807, 2.05) is 11.9 Å². The molecule has 0 saturated heterocycles. The van der Waals surface area contributed by atoms with Crippen LogP contribution in [0.2, 0.25) is 10.0 Å². The first-order valence-corrected chi connectivity index (χ1v) is 10.6. The maximum absolute atomic E-state index is 12.2. The van der Waals surface area contributed by atoms with Gasteiger partial charge in [0.25, 0.3) is 0 Å². The number of halogens is 2. The van der Waals surface area contributed by atoms with Crippen LogP contribution < -0.4 is 15.5 Å². The number of hydrogen-bond acceptors (Lipinski definition) is 5. The zero-order valence-corrected chi connectivity index (χ0v) is 18.7. The Morgan fingerprint density at radius 3 is 2.40 bits per heavy atom. The highest BCUT2D eigenvalue weighted by molar-refractivity contribution is 6.37. The first kappa shape index (κ1) is 26.1. The third-order valence-electron chi connectivity index (χ3n) is 4.28. The van der Waals surface area contributed by atoms with Crippen molar-refractivity contribution in [2.45, 2.75) is 44.9 Å². The highest BCUT2D eigenvalue weighted by Crippen LogP contribution is 2.34. The lowest BCUT2D eigenvalue weighted by Gasteiger charge is -2.15. The smallest absolute Gasteiger partial charge is 0.243 e. The Labute approximate surface area is 188 Å². The number of nitrogens with one attached hydrogen (secondary N) is 2. The number of unbranched alkanes of at least 4 members (excludes halogenated alkanes) is 3. The van der Waals surface area contributed by atoms with Gasteiger partial charge in [-0.2, -0.15) is 0 Å². The van der Waals surface area contributed by atoms with E-state index in [9.17, 15) is 9.59 Å². The number of benzene rings is 1. The minimum absolute atomic E-state index is 0.158. The van der Waals surface area contributed by atoms with Gasteiger partial charge in [-0.1, -0.05) is 42.0 Å². The van der Waals surface area contributed by atoms with Gasteiger partial charge in [-0.3, -0.25) is 19.7 Å². The summed E-state index contributed by atoms with van der Waals surface area (Å²) in [5.41, 5.74) is 2.05. The van der Waals surface area contributed by atoms with Crippen LogP contribution in [0.4, 0.5) is 5.69 Å². The molecule has 0 bridgehead atoms. The van der Waals surface area contributed by atoms with E-state index in [2.05, 4.69) is 11.2 Å². The lowest BCUT2D eigenvalue weighted by molar-refractivity contribution is -0.129. The van der Waals surface area contributed by atoms with E-state index >= 15 is 0 Å². The van der Waals surface area contributed by atoms with Crippen LogP contribution in [0.5, 0.6) is 5.75 Å². The van der Waals surface area contributed by atoms with Crippen molar-refractivity contribution in [2.75, 3.05) is 32.1 Å². The summed E-state index contributed by atoms with van der Waals surface area (Å²) in [7, 11) is 1.94. The van der Waals surface area contributed by atoms with Gasteiger partial charge in [0.05, 0.1) is 28.9 Å². The van der Waals surface area contributed by atoms with Crippen molar-refractivity contribution < 1.29 is 19.5 Å². The minimum Gasteiger partial charge on any atom is -0.492 e. The number of carbonyl (C=O) groups excluding carboxylic acids is 2. The SMILES string of the molecule is C#CCN(C)CCCOc1cc(NC(=O)CCCCCCC(=O)NO)c(Cl)cc1Cl. The van der Waals surface area contributed by atoms with Gasteiger partial charge < -0.3 is 10.1 Å². The minimum atomic E-state index is -0.400. The second-order valence-electron chi connectivity index (χ2n) is 6.90. The van der Waals surface area contributed by atoms with Gasteiger partial charge in [0, 0.05) is 25.5 Å². The number of carbonyl (C=O) groups is 2. The van der Waals surface area contributed by atoms with E-state index in [1.54, 1.807) is 17.6 Å². The summed E-state index contributed by atoms with van der Waals surface area (Å²) in [5, 5.41) is 11.9. The van der Waals surface area contributed by atoms with Crippen LogP contribution in [0.25, 0.3) is 0 Å². The highest BCUT2D eigenvalue weighted by atomic mass is 35.5. The van der Waals surface area contributed by atoms with Crippen molar-refractivity contribution >= 4 is 40.7 Å². The predicted octanol–water partition coefficient (Wildman–Crippen LogP) is 4.11. The predicted molar refractivity (Wildman–Crippen MR) is 119 cm³/mol. The van der Waals surface area contributed by atoms with Crippen LogP contribution in [0.3, 0.4) is 0 Å². The van der Waals surface area contributed by atoms with Crippen molar-refractivity contribution in [3.8, 4) is 18.1 Å². The summed E-state index contributed by atoms with van der Waals surface area (Å²) < 4.78 is 5.73. The number of amides is 2. The number of terminal acetylenes is 1. The second-order valence-corrected chi connectivity index (χ2v) is 7.72. The average molecular weight is 458 g/mol. The van der Waals surface area contributed by atoms with Crippen molar-refractivity contribution in [3.05, 3.63) is 22.2 Å². The van der Waals surface area contributed by atoms with Crippen molar-refractivity contribution in [1.29, 1.82) is 0 Å². The maximum Gasteiger partial charge on any atom is 0.243 e. The Bertz CT molecular complexity index is 738. The molecule has 0 aliphatic heterocycles. The monoisotopic (exact) mass is 457 g/mol. The molecule has 30 heavy (non-hydrogen) atoms. The quantitative estimate of drug-likeness (QED) is 0.169. The first-order valence-electron chi connectivity index (χ1n) is 9.84. The Kier molecular flexibility index (Phi) is 13.0. The molecule has 1 aromatic rings. The van der Waals surface area contributed by atoms with Gasteiger partial charge in [0.2, 0.25) is 11.8 Å². The molecule has 0 atom stereocenters. The largest absolute Gasteiger partial charge is 0.492 e. The number of ether oxygens (including phenoxy) is 1. The summed E-state index contributed by atoms with van der Waals surface area (Å²) >= 11 is 12.4. The molecule has 166 valence electrons. The molecule has 0 heterocycles. The van der Waals surface area contributed by atoms with E-state index in [0.29, 0.717) is 53.9 Å². The molecule has 2 amide bonds. The van der Waals surface area contributed by atoms with E-state index in [4.69, 9.17) is 39.6 Å². The molecular formula is C21H29Cl2N3O4. The lowest BCUT2D eigenvalue weighted by Crippen LogP contribution is -2.21. The number of rotatable bonds is 14. The van der Waals surface area contributed by atoms with Gasteiger partial charge in [-0.25, -0.2) is 5.48 Å². The van der Waals surface area contributed by atoms with Crippen LogP contribution in [-0.2, 0) is 9.59 Å². The molecule has 0 aliphatic carbocycles. The molecule has 3 N–H and O–H groups in total. The van der Waals surface area contributed by atoms with Gasteiger partial charge in [0.1, 0.15) is 5.75 Å². The normalized spacial score (nSPS) is 10.5. The summed E-state index contributed by atoms with van der Waals surface area (Å²) in [6, 6.07) is 3.17. The van der Waals surface area contributed by atoms with Crippen LogP contribution >= 0.6 is 23.2 Å². The average Bonchev–Trinajstić information content (AvgIpc) is 2.70. The Morgan fingerprint density at radius 2 is 1.77 bits per heavy atom. The topological polar surface area (TPSA) is 90.9 Å². The fraction of sp³-hybridized carbons (Fsp3) is 0.524. The Balaban J connectivity index is 2.42. The Hall–Kier alpha value is -1.98. The van der Waals surface area contributed by atoms with E-state index in [1.165, 1.54) is 0 Å². The molecule has 0 spiro atoms. The molecule has 1 aromatic carbocycles. The molecule has 0 aliphatic rings. The molecule has 0 unspecified atom stereocenters. The molecule has 0 aromatic heterocycles. The summed E-state index contributed by atoms with van der Waals surface area (Å²) in [6.07, 6.45) is 9.62. The van der Waals surface area contributed by atoms with Crippen molar-refractivity contribution in [3.63, 3.8) is 0 Å². The summed E-state index contributed by atoms with van der Waals surface area (Å²) in [6.45, 7) is 1.83. The van der Waals surface area contributed by atoms with E-state index in [-0.39, 0.29) is 12.3 Å². The van der Waals surface area contributed by atoms with Crippen molar-refractivity contribution in [1.82, 2.24) is 10.4 Å². The fourth-order valence-corrected chi connectivity index (χ4v) is 3.17. The molecule has 0 fully saturated rings. The molecule has 1 rings (SSSR count). The van der Waals surface area contributed by atoms with Crippen LogP contribution in [0, 0.1) is 12.3 Å². The molecule has 0 radical (unpaired) electrons. The third-order valence-corrected chi connectivity index (χ3v) is 4.89. The maximum atomic E-state index is 12.2. The van der Waals surface area contributed by atoms with Crippen LogP contribution in [0.15, 0.2) is 12.1 Å². The van der Waals surface area contributed by atoms with Gasteiger partial charge >= 0.3 is 0 Å². The summed E-state index contributed by atoms with van der Waals surface area (Å²) in [4.78, 5) is 25.1. The van der Waals surface area contributed by atoms with Crippen molar-refractivity contribution in [2.24, 2.45) is 0 Å². The van der Waals surface area contributed by atoms with Gasteiger partial charge in [0.15, 0.2) is 0 Å². The highest BCUT2D eigenvalue weighted by Gasteiger charge is 2.12. The standard InChI is InChI=1S/C21H29Cl2N3O4/c1-3-11-26(2)12-8-13-30-19-15-18(16(22)14-17(19)23)24-20(27)9-6-4-5-7-10-21(28)25-29/h1,14-15,29H,4-13H2,2H3,(H,24,27)(H,25,28). The number of nitrogens with zero attached hydrogens (tertiary/aromatic N) is 1. The lowest BCUT2D eigenvalue weighted by atomic mass is 10.1. The number of anilines is 1. The van der Waals surface area contributed by atoms with Gasteiger partial charge in [-0.15, -0.1) is 6.42 Å². The molecule has 0 saturated carbocycles. The molecule has 7 nitrogen and oxygen atoms in total. The fourth-order valence-electron chi connectivity index (χ4n) is 2.68. The zero-order valence-electron chi connectivity index (χ0n) is 17.2. The van der Waals surface area contributed by atoms with Gasteiger partial charge in [-0.05, 0) is 32.4 Å². The second kappa shape index (κ2) is 14.9. The van der Waals surface area contributed by atoms with E-state index in [0.717, 1.165) is 25.8 Å².